The summed E-state index contributed by atoms with van der Waals surface area (Å²) in [5.74, 6) is 1.26. The van der Waals surface area contributed by atoms with E-state index in [0.717, 1.165) is 46.6 Å². The molecule has 1 atom stereocenters. The topological polar surface area (TPSA) is 67.4 Å². The van der Waals surface area contributed by atoms with Crippen LogP contribution in [-0.4, -0.2) is 46.5 Å². The molecule has 3 rings (SSSR count). The molecule has 2 aromatic heterocycles. The number of thiophene rings is 1. The van der Waals surface area contributed by atoms with E-state index in [1.807, 2.05) is 29.2 Å². The quantitative estimate of drug-likeness (QED) is 0.249. The highest BCUT2D eigenvalue weighted by atomic mass is 32.2. The molecule has 0 saturated heterocycles. The van der Waals surface area contributed by atoms with Crippen LogP contribution >= 0.6 is 34.4 Å². The molecule has 0 radical (unpaired) electrons. The van der Waals surface area contributed by atoms with E-state index in [9.17, 15) is 4.79 Å². The number of rotatable bonds is 13. The zero-order valence-electron chi connectivity index (χ0n) is 18.7. The first-order valence-electron chi connectivity index (χ1n) is 10.7. The number of anilines is 1. The van der Waals surface area contributed by atoms with Crippen LogP contribution < -0.4 is 10.1 Å². The third-order valence-corrected chi connectivity index (χ3v) is 7.87. The summed E-state index contributed by atoms with van der Waals surface area (Å²) >= 11 is 4.69. The van der Waals surface area contributed by atoms with E-state index in [1.54, 1.807) is 18.4 Å². The van der Waals surface area contributed by atoms with Crippen LogP contribution in [0.3, 0.4) is 0 Å². The monoisotopic (exact) mass is 490 g/mol. The number of thioether (sulfide) groups is 1. The number of aromatic nitrogens is 2. The largest absolute Gasteiger partial charge is 0.497 e. The number of benzene rings is 1. The van der Waals surface area contributed by atoms with Crippen molar-refractivity contribution in [3.63, 3.8) is 0 Å². The van der Waals surface area contributed by atoms with Crippen LogP contribution in [0.2, 0.25) is 0 Å². The van der Waals surface area contributed by atoms with Crippen LogP contribution in [0.5, 0.6) is 5.75 Å². The molecule has 1 amide bonds. The molecule has 0 fully saturated rings. The molecular formula is C23H30N4O2S3. The number of methoxy groups -OCH3 is 1. The van der Waals surface area contributed by atoms with Gasteiger partial charge in [-0.15, -0.1) is 21.5 Å². The summed E-state index contributed by atoms with van der Waals surface area (Å²) in [4.78, 5) is 16.5. The molecule has 3 aromatic rings. The van der Waals surface area contributed by atoms with Gasteiger partial charge in [-0.1, -0.05) is 54.6 Å². The predicted octanol–water partition coefficient (Wildman–Crippen LogP) is 5.57. The highest BCUT2D eigenvalue weighted by molar-refractivity contribution is 8.01. The summed E-state index contributed by atoms with van der Waals surface area (Å²) in [7, 11) is 1.66. The maximum atomic E-state index is 13.3. The average molecular weight is 491 g/mol. The van der Waals surface area contributed by atoms with E-state index in [1.165, 1.54) is 28.0 Å². The maximum absolute atomic E-state index is 13.3. The SMILES string of the molecule is CCCCNc1nnc(SCC(=O)N(Cc2ccc(OC)cc2)C(C)Cc2cccs2)s1. The summed E-state index contributed by atoms with van der Waals surface area (Å²) in [6.45, 7) is 5.73. The Labute approximate surface area is 202 Å². The maximum Gasteiger partial charge on any atom is 0.233 e. The molecule has 0 aliphatic rings. The Morgan fingerprint density at radius 2 is 2.06 bits per heavy atom. The van der Waals surface area contributed by atoms with Crippen LogP contribution in [0.1, 0.15) is 37.1 Å². The second-order valence-electron chi connectivity index (χ2n) is 7.44. The fourth-order valence-corrected chi connectivity index (χ4v) is 5.66. The number of unbranched alkanes of at least 4 members (excludes halogenated alkanes) is 1. The number of ether oxygens (including phenoxy) is 1. The normalized spacial score (nSPS) is 11.8. The molecular weight excluding hydrogens is 460 g/mol. The van der Waals surface area contributed by atoms with Crippen molar-refractivity contribution in [3.05, 3.63) is 52.2 Å². The lowest BCUT2D eigenvalue weighted by Gasteiger charge is -2.29. The molecule has 0 aliphatic heterocycles. The number of carbonyl (C=O) groups is 1. The zero-order valence-corrected chi connectivity index (χ0v) is 21.2. The lowest BCUT2D eigenvalue weighted by atomic mass is 10.1. The van der Waals surface area contributed by atoms with Gasteiger partial charge in [-0.3, -0.25) is 4.79 Å². The van der Waals surface area contributed by atoms with Crippen molar-refractivity contribution in [2.75, 3.05) is 24.7 Å². The van der Waals surface area contributed by atoms with Crippen molar-refractivity contribution < 1.29 is 9.53 Å². The zero-order chi connectivity index (χ0) is 22.8. The van der Waals surface area contributed by atoms with Crippen molar-refractivity contribution in [2.45, 2.75) is 50.0 Å². The molecule has 2 heterocycles. The molecule has 1 N–H and O–H groups in total. The van der Waals surface area contributed by atoms with Gasteiger partial charge in [0.05, 0.1) is 12.9 Å². The van der Waals surface area contributed by atoms with Gasteiger partial charge in [-0.25, -0.2) is 0 Å². The number of nitrogens with zero attached hydrogens (tertiary/aromatic N) is 3. The van der Waals surface area contributed by atoms with Crippen LogP contribution in [0, 0.1) is 0 Å². The fourth-order valence-electron chi connectivity index (χ4n) is 3.17. The first-order valence-corrected chi connectivity index (χ1v) is 13.4. The molecule has 9 heteroatoms. The summed E-state index contributed by atoms with van der Waals surface area (Å²) in [5, 5.41) is 14.6. The van der Waals surface area contributed by atoms with E-state index in [4.69, 9.17) is 4.74 Å². The molecule has 1 aromatic carbocycles. The van der Waals surface area contributed by atoms with Crippen molar-refractivity contribution >= 4 is 45.5 Å². The number of nitrogens with one attached hydrogen (secondary N) is 1. The third-order valence-electron chi connectivity index (χ3n) is 4.97. The van der Waals surface area contributed by atoms with Crippen LogP contribution in [0.15, 0.2) is 46.1 Å². The van der Waals surface area contributed by atoms with Gasteiger partial charge in [-0.2, -0.15) is 0 Å². The molecule has 0 bridgehead atoms. The lowest BCUT2D eigenvalue weighted by Crippen LogP contribution is -2.40. The third kappa shape index (κ3) is 7.50. The summed E-state index contributed by atoms with van der Waals surface area (Å²) in [6, 6.07) is 12.2. The van der Waals surface area contributed by atoms with E-state index in [0.29, 0.717) is 12.3 Å². The van der Waals surface area contributed by atoms with Crippen molar-refractivity contribution in [2.24, 2.45) is 0 Å². The lowest BCUT2D eigenvalue weighted by molar-refractivity contribution is -0.131. The fraction of sp³-hybridized carbons (Fsp3) is 0.435. The Hall–Kier alpha value is -2.10. The number of hydrogen-bond acceptors (Lipinski definition) is 8. The molecule has 6 nitrogen and oxygen atoms in total. The van der Waals surface area contributed by atoms with Gasteiger partial charge in [-0.05, 0) is 42.5 Å². The number of carbonyl (C=O) groups excluding carboxylic acids is 1. The summed E-state index contributed by atoms with van der Waals surface area (Å²) < 4.78 is 6.07. The van der Waals surface area contributed by atoms with Gasteiger partial charge in [0.1, 0.15) is 5.75 Å². The highest BCUT2D eigenvalue weighted by Gasteiger charge is 2.22. The highest BCUT2D eigenvalue weighted by Crippen LogP contribution is 2.27. The van der Waals surface area contributed by atoms with Crippen molar-refractivity contribution in [3.8, 4) is 5.75 Å². The second kappa shape index (κ2) is 12.8. The molecule has 172 valence electrons. The van der Waals surface area contributed by atoms with Gasteiger partial charge in [0.15, 0.2) is 4.34 Å². The first kappa shape index (κ1) is 24.5. The van der Waals surface area contributed by atoms with Crippen LogP contribution in [0.4, 0.5) is 5.13 Å². The molecule has 0 aliphatic carbocycles. The Balaban J connectivity index is 1.63. The first-order chi connectivity index (χ1) is 15.6. The Morgan fingerprint density at radius 3 is 2.75 bits per heavy atom. The van der Waals surface area contributed by atoms with E-state index in [-0.39, 0.29) is 11.9 Å². The van der Waals surface area contributed by atoms with Gasteiger partial charge in [0.2, 0.25) is 11.0 Å². The van der Waals surface area contributed by atoms with Crippen LogP contribution in [-0.2, 0) is 17.8 Å². The Bertz CT molecular complexity index is 945. The molecule has 0 spiro atoms. The van der Waals surface area contributed by atoms with Gasteiger partial charge in [0, 0.05) is 30.4 Å². The van der Waals surface area contributed by atoms with E-state index in [2.05, 4.69) is 46.9 Å². The van der Waals surface area contributed by atoms with E-state index >= 15 is 0 Å². The molecule has 0 saturated carbocycles. The number of hydrogen-bond donors (Lipinski definition) is 1. The predicted molar refractivity (Wildman–Crippen MR) is 135 cm³/mol. The summed E-state index contributed by atoms with van der Waals surface area (Å²) in [5.41, 5.74) is 1.08. The minimum atomic E-state index is 0.0875. The molecule has 32 heavy (non-hydrogen) atoms. The minimum absolute atomic E-state index is 0.0875. The smallest absolute Gasteiger partial charge is 0.233 e. The Kier molecular flexibility index (Phi) is 9.83. The van der Waals surface area contributed by atoms with E-state index < -0.39 is 0 Å². The average Bonchev–Trinajstić information content (AvgIpc) is 3.48. The van der Waals surface area contributed by atoms with Crippen LogP contribution in [0.25, 0.3) is 0 Å². The van der Waals surface area contributed by atoms with Gasteiger partial charge in [0.25, 0.3) is 0 Å². The van der Waals surface area contributed by atoms with Crippen molar-refractivity contribution in [1.29, 1.82) is 0 Å². The van der Waals surface area contributed by atoms with Gasteiger partial charge < -0.3 is 15.0 Å². The van der Waals surface area contributed by atoms with Crippen molar-refractivity contribution in [1.82, 2.24) is 15.1 Å². The standard InChI is InChI=1S/C23H30N4O2S3/c1-4-5-12-24-22-25-26-23(32-22)31-16-21(28)27(17(2)14-20-7-6-13-30-20)15-18-8-10-19(29-3)11-9-18/h6-11,13,17H,4-5,12,14-16H2,1-3H3,(H,24,25). The Morgan fingerprint density at radius 1 is 1.25 bits per heavy atom. The second-order valence-corrected chi connectivity index (χ2v) is 10.7. The summed E-state index contributed by atoms with van der Waals surface area (Å²) in [6.07, 6.45) is 3.08. The minimum Gasteiger partial charge on any atom is -0.497 e. The van der Waals surface area contributed by atoms with Gasteiger partial charge >= 0.3 is 0 Å². The number of amides is 1. The molecule has 1 unspecified atom stereocenters.